The lowest BCUT2D eigenvalue weighted by molar-refractivity contribution is 0.199. The molecule has 0 aromatic heterocycles. The largest absolute Gasteiger partial charge is 0.399 e. The van der Waals surface area contributed by atoms with E-state index in [2.05, 4.69) is 36.9 Å². The van der Waals surface area contributed by atoms with Crippen molar-refractivity contribution in [3.05, 3.63) is 29.3 Å². The van der Waals surface area contributed by atoms with E-state index in [1.165, 1.54) is 50.8 Å². The SMILES string of the molecule is CC(C)C1CCCN(C2CCc3cc(N)ccc32)CC1. The van der Waals surface area contributed by atoms with Crippen LogP contribution in [0.4, 0.5) is 5.69 Å². The third-order valence-electron chi connectivity index (χ3n) is 5.40. The first kappa shape index (κ1) is 13.9. The summed E-state index contributed by atoms with van der Waals surface area (Å²) in [5.41, 5.74) is 9.86. The highest BCUT2D eigenvalue weighted by molar-refractivity contribution is 5.47. The molecule has 2 aliphatic rings. The molecule has 1 saturated heterocycles. The second-order valence-electron chi connectivity index (χ2n) is 6.98. The van der Waals surface area contributed by atoms with Gasteiger partial charge in [-0.2, -0.15) is 0 Å². The first-order valence-corrected chi connectivity index (χ1v) is 8.27. The quantitative estimate of drug-likeness (QED) is 0.824. The van der Waals surface area contributed by atoms with Crippen LogP contribution in [0.1, 0.15) is 56.7 Å². The van der Waals surface area contributed by atoms with Crippen LogP contribution in [0.25, 0.3) is 0 Å². The average molecular weight is 272 g/mol. The fourth-order valence-electron chi connectivity index (χ4n) is 4.12. The van der Waals surface area contributed by atoms with Crippen LogP contribution in [-0.4, -0.2) is 18.0 Å². The summed E-state index contributed by atoms with van der Waals surface area (Å²) < 4.78 is 0. The van der Waals surface area contributed by atoms with E-state index in [1.807, 2.05) is 0 Å². The Morgan fingerprint density at radius 3 is 2.80 bits per heavy atom. The van der Waals surface area contributed by atoms with Crippen LogP contribution in [0.15, 0.2) is 18.2 Å². The lowest BCUT2D eigenvalue weighted by Gasteiger charge is -2.28. The van der Waals surface area contributed by atoms with E-state index in [9.17, 15) is 0 Å². The normalized spacial score (nSPS) is 27.6. The summed E-state index contributed by atoms with van der Waals surface area (Å²) in [7, 11) is 0. The Hall–Kier alpha value is -1.02. The Morgan fingerprint density at radius 2 is 2.00 bits per heavy atom. The molecular formula is C18H28N2. The van der Waals surface area contributed by atoms with Crippen molar-refractivity contribution in [2.75, 3.05) is 18.8 Å². The third kappa shape index (κ3) is 2.71. The second-order valence-corrected chi connectivity index (χ2v) is 6.98. The number of likely N-dealkylation sites (tertiary alicyclic amines) is 1. The summed E-state index contributed by atoms with van der Waals surface area (Å²) in [6.07, 6.45) is 6.64. The fourth-order valence-corrected chi connectivity index (χ4v) is 4.12. The van der Waals surface area contributed by atoms with E-state index in [-0.39, 0.29) is 0 Å². The van der Waals surface area contributed by atoms with Crippen molar-refractivity contribution in [3.8, 4) is 0 Å². The van der Waals surface area contributed by atoms with Crippen molar-refractivity contribution in [2.45, 2.75) is 52.0 Å². The maximum absolute atomic E-state index is 5.92. The molecule has 1 heterocycles. The van der Waals surface area contributed by atoms with E-state index < -0.39 is 0 Å². The van der Waals surface area contributed by atoms with Gasteiger partial charge < -0.3 is 5.73 Å². The zero-order valence-electron chi connectivity index (χ0n) is 12.9. The molecule has 2 nitrogen and oxygen atoms in total. The van der Waals surface area contributed by atoms with Gasteiger partial charge >= 0.3 is 0 Å². The molecule has 0 radical (unpaired) electrons. The summed E-state index contributed by atoms with van der Waals surface area (Å²) in [4.78, 5) is 2.74. The van der Waals surface area contributed by atoms with Crippen molar-refractivity contribution in [3.63, 3.8) is 0 Å². The van der Waals surface area contributed by atoms with E-state index in [4.69, 9.17) is 5.73 Å². The zero-order valence-corrected chi connectivity index (χ0v) is 12.9. The van der Waals surface area contributed by atoms with Crippen molar-refractivity contribution in [1.82, 2.24) is 4.90 Å². The van der Waals surface area contributed by atoms with Crippen molar-refractivity contribution in [2.24, 2.45) is 11.8 Å². The first-order valence-electron chi connectivity index (χ1n) is 8.27. The Kier molecular flexibility index (Phi) is 4.02. The molecule has 3 rings (SSSR count). The van der Waals surface area contributed by atoms with Gasteiger partial charge in [0.15, 0.2) is 0 Å². The zero-order chi connectivity index (χ0) is 14.1. The summed E-state index contributed by atoms with van der Waals surface area (Å²) in [6, 6.07) is 7.18. The maximum atomic E-state index is 5.92. The molecule has 0 bridgehead atoms. The summed E-state index contributed by atoms with van der Waals surface area (Å²) in [5.74, 6) is 1.76. The number of aryl methyl sites for hydroxylation is 1. The topological polar surface area (TPSA) is 29.3 Å². The van der Waals surface area contributed by atoms with Crippen LogP contribution in [0.5, 0.6) is 0 Å². The van der Waals surface area contributed by atoms with E-state index >= 15 is 0 Å². The second kappa shape index (κ2) is 5.77. The molecule has 1 aliphatic carbocycles. The van der Waals surface area contributed by atoms with Gasteiger partial charge in [0.1, 0.15) is 0 Å². The Labute approximate surface area is 123 Å². The van der Waals surface area contributed by atoms with Crippen molar-refractivity contribution < 1.29 is 0 Å². The molecule has 2 heteroatoms. The number of fused-ring (bicyclic) bond motifs is 1. The Balaban J connectivity index is 1.72. The van der Waals surface area contributed by atoms with Gasteiger partial charge in [0.2, 0.25) is 0 Å². The van der Waals surface area contributed by atoms with Crippen LogP contribution in [0, 0.1) is 11.8 Å². The summed E-state index contributed by atoms with van der Waals surface area (Å²) >= 11 is 0. The number of nitrogens with zero attached hydrogens (tertiary/aromatic N) is 1. The van der Waals surface area contributed by atoms with Gasteiger partial charge in [-0.15, -0.1) is 0 Å². The monoisotopic (exact) mass is 272 g/mol. The Bertz CT molecular complexity index is 466. The molecule has 0 saturated carbocycles. The minimum Gasteiger partial charge on any atom is -0.399 e. The highest BCUT2D eigenvalue weighted by Gasteiger charge is 2.30. The van der Waals surface area contributed by atoms with E-state index in [1.54, 1.807) is 5.56 Å². The number of nitrogen functional groups attached to an aromatic ring is 1. The lowest BCUT2D eigenvalue weighted by atomic mass is 9.89. The number of hydrogen-bond acceptors (Lipinski definition) is 2. The van der Waals surface area contributed by atoms with Gasteiger partial charge in [-0.25, -0.2) is 0 Å². The van der Waals surface area contributed by atoms with Crippen LogP contribution >= 0.6 is 0 Å². The summed E-state index contributed by atoms with van der Waals surface area (Å²) in [5, 5.41) is 0. The molecule has 1 aromatic carbocycles. The maximum Gasteiger partial charge on any atom is 0.0354 e. The minimum absolute atomic E-state index is 0.650. The molecule has 1 aliphatic heterocycles. The van der Waals surface area contributed by atoms with Crippen LogP contribution in [0.2, 0.25) is 0 Å². The summed E-state index contributed by atoms with van der Waals surface area (Å²) in [6.45, 7) is 7.32. The van der Waals surface area contributed by atoms with Crippen LogP contribution in [0.3, 0.4) is 0 Å². The molecule has 1 aromatic rings. The van der Waals surface area contributed by atoms with Gasteiger partial charge in [0, 0.05) is 11.7 Å². The highest BCUT2D eigenvalue weighted by Crippen LogP contribution is 2.38. The number of nitrogens with two attached hydrogens (primary N) is 1. The first-order chi connectivity index (χ1) is 9.65. The predicted octanol–water partition coefficient (Wildman–Crippen LogP) is 4.01. The lowest BCUT2D eigenvalue weighted by Crippen LogP contribution is -2.28. The molecular weight excluding hydrogens is 244 g/mol. The molecule has 0 spiro atoms. The number of rotatable bonds is 2. The van der Waals surface area contributed by atoms with Crippen LogP contribution < -0.4 is 5.73 Å². The number of hydrogen-bond donors (Lipinski definition) is 1. The smallest absolute Gasteiger partial charge is 0.0354 e. The standard InChI is InChI=1S/C18H28N2/c1-13(2)14-4-3-10-20(11-9-14)18-8-5-15-12-16(19)6-7-17(15)18/h6-7,12-14,18H,3-5,8-11,19H2,1-2H3. The van der Waals surface area contributed by atoms with Crippen LogP contribution in [-0.2, 0) is 6.42 Å². The van der Waals surface area contributed by atoms with Crippen molar-refractivity contribution >= 4 is 5.69 Å². The van der Waals surface area contributed by atoms with Gasteiger partial charge in [-0.1, -0.05) is 19.9 Å². The Morgan fingerprint density at radius 1 is 1.15 bits per heavy atom. The van der Waals surface area contributed by atoms with E-state index in [0.717, 1.165) is 17.5 Å². The third-order valence-corrected chi connectivity index (χ3v) is 5.40. The predicted molar refractivity (Wildman–Crippen MR) is 85.7 cm³/mol. The van der Waals surface area contributed by atoms with Crippen molar-refractivity contribution in [1.29, 1.82) is 0 Å². The van der Waals surface area contributed by atoms with Gasteiger partial charge in [0.05, 0.1) is 0 Å². The minimum atomic E-state index is 0.650. The number of benzene rings is 1. The number of anilines is 1. The average Bonchev–Trinajstić information content (AvgIpc) is 2.67. The van der Waals surface area contributed by atoms with Gasteiger partial charge in [0.25, 0.3) is 0 Å². The molecule has 1 fully saturated rings. The van der Waals surface area contributed by atoms with Gasteiger partial charge in [-0.3, -0.25) is 4.90 Å². The molecule has 110 valence electrons. The fraction of sp³-hybridized carbons (Fsp3) is 0.667. The molecule has 20 heavy (non-hydrogen) atoms. The molecule has 2 N–H and O–H groups in total. The highest BCUT2D eigenvalue weighted by atomic mass is 15.2. The molecule has 2 atom stereocenters. The van der Waals surface area contributed by atoms with Gasteiger partial charge in [-0.05, 0) is 80.3 Å². The van der Waals surface area contributed by atoms with E-state index in [0.29, 0.717) is 6.04 Å². The molecule has 0 amide bonds. The molecule has 2 unspecified atom stereocenters.